The molecule has 1 amide bonds. The summed E-state index contributed by atoms with van der Waals surface area (Å²) in [4.78, 5) is 23.6. The van der Waals surface area contributed by atoms with E-state index in [1.54, 1.807) is 6.33 Å². The van der Waals surface area contributed by atoms with E-state index in [0.717, 1.165) is 73.3 Å². The van der Waals surface area contributed by atoms with Gasteiger partial charge in [0.1, 0.15) is 17.4 Å². The van der Waals surface area contributed by atoms with E-state index in [4.69, 9.17) is 9.15 Å². The molecule has 0 aliphatic carbocycles. The van der Waals surface area contributed by atoms with Gasteiger partial charge in [0.15, 0.2) is 11.4 Å². The lowest BCUT2D eigenvalue weighted by molar-refractivity contribution is -0.126. The van der Waals surface area contributed by atoms with E-state index < -0.39 is 0 Å². The summed E-state index contributed by atoms with van der Waals surface area (Å²) in [6, 6.07) is 7.91. The van der Waals surface area contributed by atoms with Crippen LogP contribution in [0.5, 0.6) is 0 Å². The molecule has 5 rings (SSSR count). The molecule has 2 aliphatic rings. The highest BCUT2D eigenvalue weighted by atomic mass is 16.5. The number of nitrogens with zero attached hydrogens (tertiary/aromatic N) is 3. The van der Waals surface area contributed by atoms with E-state index in [2.05, 4.69) is 20.2 Å². The Hall–Kier alpha value is -2.67. The van der Waals surface area contributed by atoms with Crippen molar-refractivity contribution in [2.75, 3.05) is 31.1 Å². The normalized spacial score (nSPS) is 20.9. The van der Waals surface area contributed by atoms with Crippen LogP contribution in [0.15, 0.2) is 35.0 Å². The Kier molecular flexibility index (Phi) is 4.60. The van der Waals surface area contributed by atoms with E-state index >= 15 is 0 Å². The minimum atomic E-state index is 0.0469. The van der Waals surface area contributed by atoms with Gasteiger partial charge in [0.2, 0.25) is 5.91 Å². The summed E-state index contributed by atoms with van der Waals surface area (Å²) in [5, 5.41) is 4.07. The first-order valence-corrected chi connectivity index (χ1v) is 10.1. The van der Waals surface area contributed by atoms with Crippen molar-refractivity contribution in [1.29, 1.82) is 0 Å². The third-order valence-electron chi connectivity index (χ3n) is 5.83. The first-order chi connectivity index (χ1) is 13.8. The molecule has 146 valence electrons. The number of hydrogen-bond acceptors (Lipinski definition) is 6. The summed E-state index contributed by atoms with van der Waals surface area (Å²) in [7, 11) is 0. The number of fused-ring (bicyclic) bond motifs is 3. The van der Waals surface area contributed by atoms with Crippen LogP contribution < -0.4 is 10.2 Å². The van der Waals surface area contributed by atoms with Crippen LogP contribution in [0.4, 0.5) is 5.82 Å². The lowest BCUT2D eigenvalue weighted by Gasteiger charge is -2.32. The highest BCUT2D eigenvalue weighted by Gasteiger charge is 2.28. The number of carbonyl (C=O) groups excluding carboxylic acids is 1. The van der Waals surface area contributed by atoms with Gasteiger partial charge in [0.05, 0.1) is 6.10 Å². The highest BCUT2D eigenvalue weighted by Crippen LogP contribution is 2.33. The van der Waals surface area contributed by atoms with Crippen molar-refractivity contribution in [1.82, 2.24) is 15.3 Å². The Morgan fingerprint density at radius 2 is 2.04 bits per heavy atom. The van der Waals surface area contributed by atoms with Gasteiger partial charge in [-0.3, -0.25) is 4.79 Å². The number of anilines is 1. The summed E-state index contributed by atoms with van der Waals surface area (Å²) in [5.74, 6) is 1.01. The molecule has 4 heterocycles. The molecule has 2 aromatic heterocycles. The molecule has 2 saturated heterocycles. The number of ether oxygens (including phenoxy) is 1. The molecule has 2 fully saturated rings. The zero-order chi connectivity index (χ0) is 18.9. The molecular weight excluding hydrogens is 356 g/mol. The molecule has 28 heavy (non-hydrogen) atoms. The number of furan rings is 1. The molecule has 1 atom stereocenters. The summed E-state index contributed by atoms with van der Waals surface area (Å²) in [5.41, 5.74) is 2.39. The van der Waals surface area contributed by atoms with E-state index in [0.29, 0.717) is 6.54 Å². The van der Waals surface area contributed by atoms with Gasteiger partial charge < -0.3 is 19.4 Å². The van der Waals surface area contributed by atoms with Gasteiger partial charge in [-0.25, -0.2) is 9.97 Å². The fraction of sp³-hybridized carbons (Fsp3) is 0.476. The van der Waals surface area contributed by atoms with Crippen molar-refractivity contribution < 1.29 is 13.9 Å². The van der Waals surface area contributed by atoms with E-state index in [9.17, 15) is 4.79 Å². The number of amides is 1. The number of aromatic nitrogens is 2. The van der Waals surface area contributed by atoms with Crippen molar-refractivity contribution in [3.63, 3.8) is 0 Å². The molecule has 1 N–H and O–H groups in total. The Balaban J connectivity index is 1.27. The number of piperidine rings is 1. The predicted molar refractivity (Wildman–Crippen MR) is 106 cm³/mol. The Morgan fingerprint density at radius 1 is 1.18 bits per heavy atom. The van der Waals surface area contributed by atoms with Crippen molar-refractivity contribution in [2.24, 2.45) is 5.92 Å². The fourth-order valence-electron chi connectivity index (χ4n) is 4.25. The standard InChI is InChI=1S/C21H24N4O3/c26-21(22-12-15-4-3-11-27-15)14-7-9-25(10-8-14)20-19-18(23-13-24-20)16-5-1-2-6-17(16)28-19/h1-2,5-6,13-15H,3-4,7-12H2,(H,22,26). The molecule has 1 aromatic carbocycles. The third-order valence-corrected chi connectivity index (χ3v) is 5.83. The molecule has 0 bridgehead atoms. The van der Waals surface area contributed by atoms with Gasteiger partial charge in [-0.15, -0.1) is 0 Å². The Labute approximate surface area is 163 Å². The summed E-state index contributed by atoms with van der Waals surface area (Å²) in [6.07, 6.45) is 5.53. The maximum absolute atomic E-state index is 12.5. The number of benzene rings is 1. The van der Waals surface area contributed by atoms with E-state index in [1.807, 2.05) is 24.3 Å². The third kappa shape index (κ3) is 3.20. The van der Waals surface area contributed by atoms with Crippen LogP contribution in [-0.4, -0.2) is 48.2 Å². The molecule has 7 nitrogen and oxygen atoms in total. The van der Waals surface area contributed by atoms with Crippen LogP contribution in [0.2, 0.25) is 0 Å². The molecule has 0 saturated carbocycles. The monoisotopic (exact) mass is 380 g/mol. The number of carbonyl (C=O) groups is 1. The first kappa shape index (κ1) is 17.4. The van der Waals surface area contributed by atoms with Gasteiger partial charge in [-0.05, 0) is 37.8 Å². The van der Waals surface area contributed by atoms with Crippen molar-refractivity contribution >= 4 is 33.8 Å². The van der Waals surface area contributed by atoms with Crippen LogP contribution in [0.3, 0.4) is 0 Å². The molecule has 2 aliphatic heterocycles. The zero-order valence-electron chi connectivity index (χ0n) is 15.8. The summed E-state index contributed by atoms with van der Waals surface area (Å²) in [6.45, 7) is 3.00. The number of para-hydroxylation sites is 1. The molecular formula is C21H24N4O3. The second-order valence-electron chi connectivity index (χ2n) is 7.61. The topological polar surface area (TPSA) is 80.5 Å². The maximum atomic E-state index is 12.5. The van der Waals surface area contributed by atoms with Crippen molar-refractivity contribution in [2.45, 2.75) is 31.8 Å². The van der Waals surface area contributed by atoms with Gasteiger partial charge in [0.25, 0.3) is 0 Å². The fourth-order valence-corrected chi connectivity index (χ4v) is 4.25. The minimum Gasteiger partial charge on any atom is -0.450 e. The molecule has 7 heteroatoms. The van der Waals surface area contributed by atoms with Crippen LogP contribution in [0.1, 0.15) is 25.7 Å². The van der Waals surface area contributed by atoms with Gasteiger partial charge >= 0.3 is 0 Å². The molecule has 3 aromatic rings. The second kappa shape index (κ2) is 7.39. The summed E-state index contributed by atoms with van der Waals surface area (Å²) < 4.78 is 11.6. The van der Waals surface area contributed by atoms with Crippen LogP contribution in [0.25, 0.3) is 22.1 Å². The summed E-state index contributed by atoms with van der Waals surface area (Å²) >= 11 is 0. The van der Waals surface area contributed by atoms with Crippen LogP contribution in [-0.2, 0) is 9.53 Å². The smallest absolute Gasteiger partial charge is 0.223 e. The highest BCUT2D eigenvalue weighted by molar-refractivity contribution is 6.05. The Bertz CT molecular complexity index is 988. The largest absolute Gasteiger partial charge is 0.450 e. The van der Waals surface area contributed by atoms with Crippen LogP contribution >= 0.6 is 0 Å². The minimum absolute atomic E-state index is 0.0469. The number of rotatable bonds is 4. The molecule has 0 radical (unpaired) electrons. The van der Waals surface area contributed by atoms with Crippen molar-refractivity contribution in [3.05, 3.63) is 30.6 Å². The Morgan fingerprint density at radius 3 is 2.86 bits per heavy atom. The SMILES string of the molecule is O=C(NCC1CCCO1)C1CCN(c2ncnc3c2oc2ccccc23)CC1. The molecule has 1 unspecified atom stereocenters. The van der Waals surface area contributed by atoms with E-state index in [1.165, 1.54) is 0 Å². The quantitative estimate of drug-likeness (QED) is 0.750. The lowest BCUT2D eigenvalue weighted by Crippen LogP contribution is -2.42. The first-order valence-electron chi connectivity index (χ1n) is 10.1. The van der Waals surface area contributed by atoms with Gasteiger partial charge in [-0.1, -0.05) is 12.1 Å². The number of nitrogens with one attached hydrogen (secondary N) is 1. The average Bonchev–Trinajstić information content (AvgIpc) is 3.39. The van der Waals surface area contributed by atoms with Gasteiger partial charge in [0, 0.05) is 37.5 Å². The molecule has 0 spiro atoms. The van der Waals surface area contributed by atoms with Gasteiger partial charge in [-0.2, -0.15) is 0 Å². The van der Waals surface area contributed by atoms with Crippen molar-refractivity contribution in [3.8, 4) is 0 Å². The lowest BCUT2D eigenvalue weighted by atomic mass is 9.95. The predicted octanol–water partition coefficient (Wildman–Crippen LogP) is 2.89. The van der Waals surface area contributed by atoms with Crippen LogP contribution in [0, 0.1) is 5.92 Å². The average molecular weight is 380 g/mol. The maximum Gasteiger partial charge on any atom is 0.223 e. The van der Waals surface area contributed by atoms with E-state index in [-0.39, 0.29) is 17.9 Å². The zero-order valence-corrected chi connectivity index (χ0v) is 15.8. The number of hydrogen-bond donors (Lipinski definition) is 1. The second-order valence-corrected chi connectivity index (χ2v) is 7.61.